The van der Waals surface area contributed by atoms with Crippen LogP contribution < -0.4 is 0 Å². The molecule has 1 aromatic carbocycles. The minimum atomic E-state index is 0.318. The van der Waals surface area contributed by atoms with Crippen molar-refractivity contribution in [1.29, 1.82) is 0 Å². The standard InChI is InChI=1S/C15H15Cl/c16-15-10-13(11-6-7-11)8-9-14(15)12-4-2-1-3-5-12/h8-12H,1-5H2. The maximum Gasteiger partial charge on any atom is 0.106 e. The van der Waals surface area contributed by atoms with Gasteiger partial charge in [0.1, 0.15) is 5.92 Å². The normalized spacial score (nSPS) is 20.3. The SMILES string of the molecule is Clc1cc(C2C#C2)ccc1C1CCCCC1. The van der Waals surface area contributed by atoms with E-state index < -0.39 is 0 Å². The van der Waals surface area contributed by atoms with Crippen LogP contribution in [0.15, 0.2) is 18.2 Å². The fourth-order valence-corrected chi connectivity index (χ4v) is 3.02. The Morgan fingerprint density at radius 3 is 2.44 bits per heavy atom. The monoisotopic (exact) mass is 230 g/mol. The van der Waals surface area contributed by atoms with Crippen LogP contribution in [0.3, 0.4) is 0 Å². The van der Waals surface area contributed by atoms with Crippen molar-refractivity contribution >= 4 is 11.6 Å². The molecule has 1 heteroatoms. The third-order valence-corrected chi connectivity index (χ3v) is 4.02. The molecule has 0 aromatic heterocycles. The van der Waals surface area contributed by atoms with Crippen LogP contribution >= 0.6 is 11.6 Å². The third kappa shape index (κ3) is 1.97. The zero-order chi connectivity index (χ0) is 11.0. The summed E-state index contributed by atoms with van der Waals surface area (Å²) in [5, 5.41) is 0.944. The van der Waals surface area contributed by atoms with E-state index >= 15 is 0 Å². The highest BCUT2D eigenvalue weighted by molar-refractivity contribution is 6.31. The summed E-state index contributed by atoms with van der Waals surface area (Å²) < 4.78 is 0. The van der Waals surface area contributed by atoms with Crippen molar-refractivity contribution in [2.45, 2.75) is 43.9 Å². The van der Waals surface area contributed by atoms with E-state index in [4.69, 9.17) is 11.6 Å². The van der Waals surface area contributed by atoms with E-state index in [9.17, 15) is 0 Å². The molecule has 0 bridgehead atoms. The number of hydrogen-bond donors (Lipinski definition) is 0. The molecule has 0 saturated heterocycles. The largest absolute Gasteiger partial charge is 0.106 e. The summed E-state index contributed by atoms with van der Waals surface area (Å²) in [5.41, 5.74) is 2.59. The van der Waals surface area contributed by atoms with Crippen LogP contribution in [-0.4, -0.2) is 0 Å². The van der Waals surface area contributed by atoms with E-state index in [1.54, 1.807) is 0 Å². The Kier molecular flexibility index (Phi) is 2.65. The molecule has 1 aromatic rings. The van der Waals surface area contributed by atoms with Gasteiger partial charge in [-0.2, -0.15) is 0 Å². The quantitative estimate of drug-likeness (QED) is 0.657. The fraction of sp³-hybridized carbons (Fsp3) is 0.467. The van der Waals surface area contributed by atoms with Crippen molar-refractivity contribution in [2.24, 2.45) is 0 Å². The number of benzene rings is 1. The lowest BCUT2D eigenvalue weighted by molar-refractivity contribution is 0.443. The van der Waals surface area contributed by atoms with Crippen molar-refractivity contribution in [1.82, 2.24) is 0 Å². The second kappa shape index (κ2) is 4.15. The smallest absolute Gasteiger partial charge is 0.0840 e. The maximum absolute atomic E-state index is 6.38. The number of rotatable bonds is 2. The summed E-state index contributed by atoms with van der Waals surface area (Å²) in [7, 11) is 0. The highest BCUT2D eigenvalue weighted by Gasteiger charge is 2.20. The fourth-order valence-electron chi connectivity index (χ4n) is 2.68. The topological polar surface area (TPSA) is 0 Å². The van der Waals surface area contributed by atoms with Gasteiger partial charge in [-0.05, 0) is 36.0 Å². The van der Waals surface area contributed by atoms with E-state index in [0.29, 0.717) is 11.8 Å². The molecule has 1 saturated carbocycles. The molecular formula is C15H15Cl. The lowest BCUT2D eigenvalue weighted by Gasteiger charge is -2.23. The first kappa shape index (κ1) is 10.2. The van der Waals surface area contributed by atoms with Gasteiger partial charge in [-0.15, -0.1) is 0 Å². The summed E-state index contributed by atoms with van der Waals surface area (Å²) in [5.74, 6) is 7.14. The summed E-state index contributed by atoms with van der Waals surface area (Å²) in [6.45, 7) is 0. The summed E-state index contributed by atoms with van der Waals surface area (Å²) in [6, 6.07) is 6.51. The molecule has 2 aliphatic rings. The number of hydrogen-bond acceptors (Lipinski definition) is 0. The number of halogens is 1. The minimum absolute atomic E-state index is 0.318. The van der Waals surface area contributed by atoms with Gasteiger partial charge >= 0.3 is 0 Å². The van der Waals surface area contributed by atoms with Gasteiger partial charge in [0.05, 0.1) is 0 Å². The van der Waals surface area contributed by atoms with E-state index in [2.05, 4.69) is 30.0 Å². The van der Waals surface area contributed by atoms with Gasteiger partial charge in [-0.3, -0.25) is 0 Å². The molecule has 0 unspecified atom stereocenters. The predicted molar refractivity (Wildman–Crippen MR) is 67.8 cm³/mol. The average molecular weight is 231 g/mol. The molecule has 0 amide bonds. The van der Waals surface area contributed by atoms with E-state index in [1.165, 1.54) is 43.2 Å². The third-order valence-electron chi connectivity index (χ3n) is 3.69. The zero-order valence-corrected chi connectivity index (χ0v) is 10.1. The second-order valence-electron chi connectivity index (χ2n) is 4.84. The molecule has 0 spiro atoms. The zero-order valence-electron chi connectivity index (χ0n) is 9.30. The van der Waals surface area contributed by atoms with E-state index in [-0.39, 0.29) is 0 Å². The molecule has 2 aliphatic carbocycles. The van der Waals surface area contributed by atoms with Crippen molar-refractivity contribution < 1.29 is 0 Å². The average Bonchev–Trinajstić information content (AvgIpc) is 3.14. The minimum Gasteiger partial charge on any atom is -0.0840 e. The van der Waals surface area contributed by atoms with Crippen molar-refractivity contribution in [3.63, 3.8) is 0 Å². The van der Waals surface area contributed by atoms with Gasteiger partial charge in [0.15, 0.2) is 0 Å². The molecular weight excluding hydrogens is 216 g/mol. The van der Waals surface area contributed by atoms with E-state index in [0.717, 1.165) is 5.02 Å². The highest BCUT2D eigenvalue weighted by atomic mass is 35.5. The van der Waals surface area contributed by atoms with Crippen LogP contribution in [0.2, 0.25) is 5.02 Å². The van der Waals surface area contributed by atoms with Gasteiger partial charge in [-0.25, -0.2) is 0 Å². The first-order valence-corrected chi connectivity index (χ1v) is 6.53. The predicted octanol–water partition coefficient (Wildman–Crippen LogP) is 4.49. The molecule has 0 aliphatic heterocycles. The van der Waals surface area contributed by atoms with Crippen LogP contribution in [0.1, 0.15) is 55.1 Å². The lowest BCUT2D eigenvalue weighted by atomic mass is 9.83. The molecule has 0 N–H and O–H groups in total. The van der Waals surface area contributed by atoms with E-state index in [1.807, 2.05) is 0 Å². The molecule has 3 rings (SSSR count). The molecule has 1 fully saturated rings. The van der Waals surface area contributed by atoms with Gasteiger partial charge in [-0.1, -0.05) is 54.8 Å². The molecule has 16 heavy (non-hydrogen) atoms. The Morgan fingerprint density at radius 1 is 1.06 bits per heavy atom. The second-order valence-corrected chi connectivity index (χ2v) is 5.24. The molecule has 0 nitrogen and oxygen atoms in total. The van der Waals surface area contributed by atoms with Crippen LogP contribution in [0, 0.1) is 11.8 Å². The van der Waals surface area contributed by atoms with Gasteiger partial charge in [0, 0.05) is 5.02 Å². The van der Waals surface area contributed by atoms with Crippen LogP contribution in [0.5, 0.6) is 0 Å². The summed E-state index contributed by atoms with van der Waals surface area (Å²) in [6.07, 6.45) is 6.71. The molecule has 0 heterocycles. The Bertz CT molecular complexity index is 450. The Labute approximate surface area is 102 Å². The lowest BCUT2D eigenvalue weighted by Crippen LogP contribution is -2.05. The first-order chi connectivity index (χ1) is 7.84. The summed E-state index contributed by atoms with van der Waals surface area (Å²) >= 11 is 6.38. The van der Waals surface area contributed by atoms with Crippen molar-refractivity contribution in [3.8, 4) is 11.8 Å². The maximum atomic E-state index is 6.38. The Balaban J connectivity index is 1.83. The van der Waals surface area contributed by atoms with Gasteiger partial charge in [0.2, 0.25) is 0 Å². The van der Waals surface area contributed by atoms with Gasteiger partial charge in [0.25, 0.3) is 0 Å². The summed E-state index contributed by atoms with van der Waals surface area (Å²) in [4.78, 5) is 0. The molecule has 0 atom stereocenters. The molecule has 82 valence electrons. The van der Waals surface area contributed by atoms with Crippen LogP contribution in [-0.2, 0) is 0 Å². The van der Waals surface area contributed by atoms with Crippen molar-refractivity contribution in [2.75, 3.05) is 0 Å². The van der Waals surface area contributed by atoms with Crippen LogP contribution in [0.4, 0.5) is 0 Å². The van der Waals surface area contributed by atoms with Crippen molar-refractivity contribution in [3.05, 3.63) is 34.3 Å². The van der Waals surface area contributed by atoms with Gasteiger partial charge < -0.3 is 0 Å². The highest BCUT2D eigenvalue weighted by Crippen LogP contribution is 2.37. The Morgan fingerprint density at radius 2 is 1.81 bits per heavy atom. The molecule has 0 radical (unpaired) electrons. The first-order valence-electron chi connectivity index (χ1n) is 6.15. The Hall–Kier alpha value is -0.930. The van der Waals surface area contributed by atoms with Crippen LogP contribution in [0.25, 0.3) is 0 Å².